The van der Waals surface area contributed by atoms with Crippen LogP contribution in [-0.2, 0) is 6.54 Å². The first-order valence-corrected chi connectivity index (χ1v) is 6.97. The summed E-state index contributed by atoms with van der Waals surface area (Å²) < 4.78 is 0. The van der Waals surface area contributed by atoms with Gasteiger partial charge in [0.1, 0.15) is 18.0 Å². The first-order chi connectivity index (χ1) is 9.13. The average Bonchev–Trinajstić information content (AvgIpc) is 2.90. The Morgan fingerprint density at radius 3 is 2.74 bits per heavy atom. The first-order valence-electron chi connectivity index (χ1n) is 6.03. The van der Waals surface area contributed by atoms with Crippen molar-refractivity contribution < 1.29 is 0 Å². The molecule has 0 amide bonds. The largest absolute Gasteiger partial charge is 0.353 e. The minimum atomic E-state index is 0.278. The fraction of sp³-hybridized carbons (Fsp3) is 0.417. The number of hydrogen-bond acceptors (Lipinski definition) is 7. The van der Waals surface area contributed by atoms with E-state index < -0.39 is 0 Å². The lowest BCUT2D eigenvalue weighted by molar-refractivity contribution is 0.802. The highest BCUT2D eigenvalue weighted by Crippen LogP contribution is 2.30. The third kappa shape index (κ3) is 2.99. The van der Waals surface area contributed by atoms with Gasteiger partial charge >= 0.3 is 0 Å². The molecule has 19 heavy (non-hydrogen) atoms. The smallest absolute Gasteiger partial charge is 0.148 e. The molecular formula is C12H18N6S. The van der Waals surface area contributed by atoms with Crippen LogP contribution in [0.4, 0.5) is 11.6 Å². The molecule has 0 aliphatic rings. The van der Waals surface area contributed by atoms with Gasteiger partial charge in [0.25, 0.3) is 0 Å². The number of nitrogens with one attached hydrogen (secondary N) is 1. The second-order valence-corrected chi connectivity index (χ2v) is 5.31. The highest BCUT2D eigenvalue weighted by molar-refractivity contribution is 7.07. The number of thiazole rings is 1. The lowest BCUT2D eigenvalue weighted by Crippen LogP contribution is -2.22. The number of nitrogen functional groups attached to an aromatic ring is 1. The summed E-state index contributed by atoms with van der Waals surface area (Å²) in [6, 6.07) is 0. The van der Waals surface area contributed by atoms with Crippen LogP contribution in [0.25, 0.3) is 0 Å². The Balaban J connectivity index is 2.32. The predicted molar refractivity (Wildman–Crippen MR) is 78.2 cm³/mol. The number of hydrogen-bond donors (Lipinski definition) is 2. The zero-order valence-corrected chi connectivity index (χ0v) is 12.1. The second kappa shape index (κ2) is 5.94. The number of nitrogens with zero attached hydrogens (tertiary/aromatic N) is 4. The molecule has 0 fully saturated rings. The Bertz CT molecular complexity index is 525. The normalized spacial score (nSPS) is 10.8. The molecule has 0 saturated carbocycles. The summed E-state index contributed by atoms with van der Waals surface area (Å²) >= 11 is 1.59. The van der Waals surface area contributed by atoms with Gasteiger partial charge in [-0.05, 0) is 5.92 Å². The number of anilines is 2. The molecule has 0 radical (unpaired) electrons. The van der Waals surface area contributed by atoms with Gasteiger partial charge in [-0.1, -0.05) is 13.8 Å². The molecule has 7 heteroatoms. The molecule has 0 bridgehead atoms. The molecule has 0 aromatic carbocycles. The minimum absolute atomic E-state index is 0.278. The van der Waals surface area contributed by atoms with Crippen molar-refractivity contribution in [3.63, 3.8) is 0 Å². The van der Waals surface area contributed by atoms with E-state index in [9.17, 15) is 0 Å². The van der Waals surface area contributed by atoms with Gasteiger partial charge in [0.2, 0.25) is 0 Å². The van der Waals surface area contributed by atoms with Crippen LogP contribution in [0.15, 0.2) is 17.2 Å². The van der Waals surface area contributed by atoms with Crippen LogP contribution in [0.2, 0.25) is 0 Å². The van der Waals surface area contributed by atoms with Crippen LogP contribution in [-0.4, -0.2) is 22.0 Å². The predicted octanol–water partition coefficient (Wildman–Crippen LogP) is 1.98. The van der Waals surface area contributed by atoms with E-state index in [0.29, 0.717) is 12.4 Å². The molecule has 2 aromatic heterocycles. The Hall–Kier alpha value is -1.73. The van der Waals surface area contributed by atoms with E-state index in [1.807, 2.05) is 17.9 Å². The van der Waals surface area contributed by atoms with Crippen molar-refractivity contribution in [3.8, 4) is 0 Å². The molecule has 102 valence electrons. The van der Waals surface area contributed by atoms with E-state index in [0.717, 1.165) is 17.1 Å². The molecule has 0 saturated heterocycles. The van der Waals surface area contributed by atoms with Gasteiger partial charge in [-0.15, -0.1) is 11.3 Å². The lowest BCUT2D eigenvalue weighted by atomic mass is 10.0. The van der Waals surface area contributed by atoms with Crippen molar-refractivity contribution in [3.05, 3.63) is 28.5 Å². The average molecular weight is 278 g/mol. The van der Waals surface area contributed by atoms with Gasteiger partial charge in [-0.3, -0.25) is 0 Å². The minimum Gasteiger partial charge on any atom is -0.353 e. The van der Waals surface area contributed by atoms with Gasteiger partial charge in [0, 0.05) is 18.0 Å². The van der Waals surface area contributed by atoms with Crippen LogP contribution < -0.4 is 16.2 Å². The van der Waals surface area contributed by atoms with Crippen LogP contribution in [0.5, 0.6) is 0 Å². The summed E-state index contributed by atoms with van der Waals surface area (Å²) in [6.07, 6.45) is 1.52. The van der Waals surface area contributed by atoms with Gasteiger partial charge in [-0.25, -0.2) is 20.8 Å². The molecule has 2 heterocycles. The van der Waals surface area contributed by atoms with Gasteiger partial charge in [-0.2, -0.15) is 0 Å². The highest BCUT2D eigenvalue weighted by Gasteiger charge is 2.17. The number of aromatic nitrogens is 3. The van der Waals surface area contributed by atoms with Crippen molar-refractivity contribution in [1.29, 1.82) is 0 Å². The third-order valence-electron chi connectivity index (χ3n) is 2.82. The molecule has 3 N–H and O–H groups in total. The highest BCUT2D eigenvalue weighted by atomic mass is 32.1. The van der Waals surface area contributed by atoms with E-state index in [2.05, 4.69) is 39.1 Å². The van der Waals surface area contributed by atoms with Gasteiger partial charge < -0.3 is 10.3 Å². The van der Waals surface area contributed by atoms with E-state index >= 15 is 0 Å². The first kappa shape index (κ1) is 13.7. The van der Waals surface area contributed by atoms with Crippen molar-refractivity contribution in [2.24, 2.45) is 5.84 Å². The molecule has 2 rings (SSSR count). The molecule has 0 spiro atoms. The van der Waals surface area contributed by atoms with Crippen molar-refractivity contribution in [2.75, 3.05) is 17.4 Å². The SMILES string of the molecule is CC(C)c1c(NN)ncnc1N(C)Cc1cscn1. The zero-order valence-electron chi connectivity index (χ0n) is 11.3. The summed E-state index contributed by atoms with van der Waals surface area (Å²) in [5, 5.41) is 2.04. The number of hydrazine groups is 1. The van der Waals surface area contributed by atoms with Crippen LogP contribution in [0, 0.1) is 0 Å². The van der Waals surface area contributed by atoms with Crippen molar-refractivity contribution in [2.45, 2.75) is 26.3 Å². The summed E-state index contributed by atoms with van der Waals surface area (Å²) in [7, 11) is 1.99. The molecule has 2 aromatic rings. The summed E-state index contributed by atoms with van der Waals surface area (Å²) in [6.45, 7) is 4.91. The standard InChI is InChI=1S/C12H18N6S/c1-8(2)10-11(17-13)14-6-15-12(10)18(3)4-9-5-19-7-16-9/h5-8H,4,13H2,1-3H3,(H,14,15,17). The van der Waals surface area contributed by atoms with E-state index in [-0.39, 0.29) is 5.92 Å². The van der Waals surface area contributed by atoms with E-state index in [1.165, 1.54) is 6.33 Å². The van der Waals surface area contributed by atoms with Crippen LogP contribution in [0.1, 0.15) is 31.0 Å². The van der Waals surface area contributed by atoms with Gasteiger partial charge in [0.05, 0.1) is 17.7 Å². The fourth-order valence-corrected chi connectivity index (χ4v) is 2.52. The van der Waals surface area contributed by atoms with E-state index in [1.54, 1.807) is 11.3 Å². The maximum atomic E-state index is 5.52. The summed E-state index contributed by atoms with van der Waals surface area (Å²) in [4.78, 5) is 14.9. The molecule has 0 atom stereocenters. The second-order valence-electron chi connectivity index (χ2n) is 4.59. The zero-order chi connectivity index (χ0) is 13.8. The van der Waals surface area contributed by atoms with Crippen LogP contribution >= 0.6 is 11.3 Å². The maximum absolute atomic E-state index is 5.52. The summed E-state index contributed by atoms with van der Waals surface area (Å²) in [5.74, 6) is 7.35. The van der Waals surface area contributed by atoms with Crippen LogP contribution in [0.3, 0.4) is 0 Å². The molecule has 0 aliphatic carbocycles. The Kier molecular flexibility index (Phi) is 4.28. The maximum Gasteiger partial charge on any atom is 0.148 e. The van der Waals surface area contributed by atoms with Crippen molar-refractivity contribution >= 4 is 23.0 Å². The quantitative estimate of drug-likeness (QED) is 0.643. The number of nitrogens with two attached hydrogens (primary N) is 1. The molecule has 6 nitrogen and oxygen atoms in total. The third-order valence-corrected chi connectivity index (χ3v) is 3.46. The Labute approximate surface area is 116 Å². The Morgan fingerprint density at radius 1 is 1.37 bits per heavy atom. The molecule has 0 unspecified atom stereocenters. The molecule has 0 aliphatic heterocycles. The monoisotopic (exact) mass is 278 g/mol. The number of rotatable bonds is 5. The Morgan fingerprint density at radius 2 is 2.16 bits per heavy atom. The fourth-order valence-electron chi connectivity index (χ4n) is 1.97. The topological polar surface area (TPSA) is 80.0 Å². The van der Waals surface area contributed by atoms with E-state index in [4.69, 9.17) is 5.84 Å². The van der Waals surface area contributed by atoms with Gasteiger partial charge in [0.15, 0.2) is 0 Å². The lowest BCUT2D eigenvalue weighted by Gasteiger charge is -2.23. The van der Waals surface area contributed by atoms with Crippen molar-refractivity contribution in [1.82, 2.24) is 15.0 Å². The molecular weight excluding hydrogens is 260 g/mol. The summed E-state index contributed by atoms with van der Waals surface area (Å²) in [5.41, 5.74) is 6.52.